The molecule has 2 aromatic rings. The summed E-state index contributed by atoms with van der Waals surface area (Å²) in [7, 11) is 0. The summed E-state index contributed by atoms with van der Waals surface area (Å²) >= 11 is 12.1. The molecular formula is C16H13Cl2NO. The Morgan fingerprint density at radius 1 is 1.05 bits per heavy atom. The van der Waals surface area contributed by atoms with E-state index in [0.29, 0.717) is 21.2 Å². The fraction of sp³-hybridized carbons (Fsp3) is 0.188. The monoisotopic (exact) mass is 305 g/mol. The lowest BCUT2D eigenvalue weighted by Gasteiger charge is -2.20. The third kappa shape index (κ3) is 2.30. The highest BCUT2D eigenvalue weighted by Gasteiger charge is 2.20. The first-order valence-electron chi connectivity index (χ1n) is 6.53. The maximum absolute atomic E-state index is 12.7. The molecule has 0 aliphatic carbocycles. The standard InChI is InChI=1S/C16H13Cl2NO/c17-13-7-1-5-12(15(13)18)16(20)11-4-2-8-14-10(11)6-3-9-19-14/h1-2,4-5,7-8,19H,3,6,9H2. The van der Waals surface area contributed by atoms with Crippen molar-refractivity contribution in [1.82, 2.24) is 0 Å². The first kappa shape index (κ1) is 13.5. The van der Waals surface area contributed by atoms with E-state index < -0.39 is 0 Å². The molecule has 1 N–H and O–H groups in total. The van der Waals surface area contributed by atoms with Gasteiger partial charge in [-0.3, -0.25) is 4.79 Å². The molecule has 1 aliphatic rings. The van der Waals surface area contributed by atoms with Crippen LogP contribution in [0.1, 0.15) is 27.9 Å². The van der Waals surface area contributed by atoms with Gasteiger partial charge in [-0.1, -0.05) is 41.4 Å². The maximum atomic E-state index is 12.7. The zero-order valence-electron chi connectivity index (χ0n) is 10.7. The smallest absolute Gasteiger partial charge is 0.194 e. The van der Waals surface area contributed by atoms with Gasteiger partial charge in [0.1, 0.15) is 0 Å². The van der Waals surface area contributed by atoms with E-state index in [2.05, 4.69) is 5.32 Å². The molecule has 1 aliphatic heterocycles. The largest absolute Gasteiger partial charge is 0.385 e. The second-order valence-corrected chi connectivity index (χ2v) is 5.58. The molecule has 0 saturated carbocycles. The predicted octanol–water partition coefficient (Wildman–Crippen LogP) is 4.58. The quantitative estimate of drug-likeness (QED) is 0.823. The fourth-order valence-corrected chi connectivity index (χ4v) is 2.93. The average Bonchev–Trinajstić information content (AvgIpc) is 2.49. The summed E-state index contributed by atoms with van der Waals surface area (Å²) in [4.78, 5) is 12.7. The molecule has 3 rings (SSSR count). The molecule has 1 heterocycles. The topological polar surface area (TPSA) is 29.1 Å². The number of anilines is 1. The summed E-state index contributed by atoms with van der Waals surface area (Å²) in [6.45, 7) is 0.947. The third-order valence-corrected chi connectivity index (χ3v) is 4.35. The highest BCUT2D eigenvalue weighted by molar-refractivity contribution is 6.44. The number of ketones is 1. The van der Waals surface area contributed by atoms with Crippen molar-refractivity contribution in [3.63, 3.8) is 0 Å². The average molecular weight is 306 g/mol. The minimum atomic E-state index is -0.0712. The van der Waals surface area contributed by atoms with Gasteiger partial charge in [-0.05, 0) is 36.6 Å². The number of fused-ring (bicyclic) bond motifs is 1. The molecule has 20 heavy (non-hydrogen) atoms. The van der Waals surface area contributed by atoms with Crippen molar-refractivity contribution in [2.45, 2.75) is 12.8 Å². The number of rotatable bonds is 2. The number of nitrogens with one attached hydrogen (secondary N) is 1. The highest BCUT2D eigenvalue weighted by Crippen LogP contribution is 2.31. The molecule has 0 saturated heterocycles. The van der Waals surface area contributed by atoms with Crippen molar-refractivity contribution in [2.24, 2.45) is 0 Å². The lowest BCUT2D eigenvalue weighted by Crippen LogP contribution is -2.16. The van der Waals surface area contributed by atoms with Crippen LogP contribution in [0.5, 0.6) is 0 Å². The van der Waals surface area contributed by atoms with Crippen molar-refractivity contribution in [2.75, 3.05) is 11.9 Å². The van der Waals surface area contributed by atoms with Crippen molar-refractivity contribution in [3.8, 4) is 0 Å². The molecule has 2 aromatic carbocycles. The van der Waals surface area contributed by atoms with Gasteiger partial charge >= 0.3 is 0 Å². The Hall–Kier alpha value is -1.51. The Morgan fingerprint density at radius 3 is 2.65 bits per heavy atom. The van der Waals surface area contributed by atoms with Gasteiger partial charge in [0.25, 0.3) is 0 Å². The Kier molecular flexibility index (Phi) is 3.68. The molecule has 0 spiro atoms. The van der Waals surface area contributed by atoms with Crippen LogP contribution in [0, 0.1) is 0 Å². The Bertz CT molecular complexity index is 682. The normalized spacial score (nSPS) is 13.5. The molecule has 0 bridgehead atoms. The van der Waals surface area contributed by atoms with Crippen LogP contribution in [0.2, 0.25) is 10.0 Å². The second kappa shape index (κ2) is 5.47. The molecule has 102 valence electrons. The van der Waals surface area contributed by atoms with Crippen LogP contribution in [-0.4, -0.2) is 12.3 Å². The van der Waals surface area contributed by atoms with E-state index >= 15 is 0 Å². The van der Waals surface area contributed by atoms with Gasteiger partial charge in [-0.15, -0.1) is 0 Å². The third-order valence-electron chi connectivity index (χ3n) is 3.54. The molecule has 0 unspecified atom stereocenters. The molecule has 0 aromatic heterocycles. The van der Waals surface area contributed by atoms with E-state index in [-0.39, 0.29) is 5.78 Å². The molecule has 4 heteroatoms. The minimum Gasteiger partial charge on any atom is -0.385 e. The van der Waals surface area contributed by atoms with Crippen molar-refractivity contribution >= 4 is 34.7 Å². The van der Waals surface area contributed by atoms with Crippen LogP contribution in [0.25, 0.3) is 0 Å². The lowest BCUT2D eigenvalue weighted by atomic mass is 9.92. The van der Waals surface area contributed by atoms with E-state index in [1.54, 1.807) is 18.2 Å². The van der Waals surface area contributed by atoms with E-state index in [4.69, 9.17) is 23.2 Å². The highest BCUT2D eigenvalue weighted by atomic mass is 35.5. The predicted molar refractivity (Wildman–Crippen MR) is 83.1 cm³/mol. The number of carbonyl (C=O) groups is 1. The van der Waals surface area contributed by atoms with Gasteiger partial charge in [0.05, 0.1) is 10.0 Å². The van der Waals surface area contributed by atoms with Crippen LogP contribution >= 0.6 is 23.2 Å². The second-order valence-electron chi connectivity index (χ2n) is 4.79. The molecule has 0 radical (unpaired) electrons. The van der Waals surface area contributed by atoms with E-state index in [1.807, 2.05) is 18.2 Å². The van der Waals surface area contributed by atoms with Crippen molar-refractivity contribution < 1.29 is 4.79 Å². The Balaban J connectivity index is 2.09. The van der Waals surface area contributed by atoms with Gasteiger partial charge in [0.15, 0.2) is 5.78 Å². The summed E-state index contributed by atoms with van der Waals surface area (Å²) in [5.74, 6) is -0.0712. The zero-order chi connectivity index (χ0) is 14.1. The number of halogens is 2. The fourth-order valence-electron chi connectivity index (χ4n) is 2.55. The molecular weight excluding hydrogens is 293 g/mol. The van der Waals surface area contributed by atoms with Crippen molar-refractivity contribution in [3.05, 3.63) is 63.1 Å². The summed E-state index contributed by atoms with van der Waals surface area (Å²) < 4.78 is 0. The summed E-state index contributed by atoms with van der Waals surface area (Å²) in [6.07, 6.45) is 1.93. The van der Waals surface area contributed by atoms with Gasteiger partial charge in [-0.2, -0.15) is 0 Å². The minimum absolute atomic E-state index is 0.0712. The Labute approximate surface area is 127 Å². The first-order valence-corrected chi connectivity index (χ1v) is 7.28. The first-order chi connectivity index (χ1) is 9.68. The van der Waals surface area contributed by atoms with E-state index in [0.717, 1.165) is 30.6 Å². The van der Waals surface area contributed by atoms with Gasteiger partial charge < -0.3 is 5.32 Å². The summed E-state index contributed by atoms with van der Waals surface area (Å²) in [6, 6.07) is 10.9. The molecule has 0 amide bonds. The van der Waals surface area contributed by atoms with Crippen LogP contribution in [0.3, 0.4) is 0 Å². The van der Waals surface area contributed by atoms with E-state index in [1.165, 1.54) is 0 Å². The van der Waals surface area contributed by atoms with Crippen LogP contribution in [-0.2, 0) is 6.42 Å². The van der Waals surface area contributed by atoms with Crippen LogP contribution in [0.4, 0.5) is 5.69 Å². The molecule has 0 fully saturated rings. The lowest BCUT2D eigenvalue weighted by molar-refractivity contribution is 0.103. The summed E-state index contributed by atoms with van der Waals surface area (Å²) in [5, 5.41) is 4.05. The number of hydrogen-bond donors (Lipinski definition) is 1. The number of carbonyl (C=O) groups excluding carboxylic acids is 1. The van der Waals surface area contributed by atoms with Crippen molar-refractivity contribution in [1.29, 1.82) is 0 Å². The molecule has 2 nitrogen and oxygen atoms in total. The molecule has 0 atom stereocenters. The number of hydrogen-bond acceptors (Lipinski definition) is 2. The van der Waals surface area contributed by atoms with E-state index in [9.17, 15) is 4.79 Å². The van der Waals surface area contributed by atoms with Gasteiger partial charge in [0, 0.05) is 23.4 Å². The van der Waals surface area contributed by atoms with Gasteiger partial charge in [-0.25, -0.2) is 0 Å². The Morgan fingerprint density at radius 2 is 1.80 bits per heavy atom. The van der Waals surface area contributed by atoms with Crippen LogP contribution in [0.15, 0.2) is 36.4 Å². The summed E-state index contributed by atoms with van der Waals surface area (Å²) in [5.41, 5.74) is 3.28. The zero-order valence-corrected chi connectivity index (χ0v) is 12.3. The maximum Gasteiger partial charge on any atom is 0.194 e. The number of benzene rings is 2. The SMILES string of the molecule is O=C(c1cccc(Cl)c1Cl)c1cccc2c1CCCN2. The van der Waals surface area contributed by atoms with Crippen LogP contribution < -0.4 is 5.32 Å². The van der Waals surface area contributed by atoms with Gasteiger partial charge in [0.2, 0.25) is 0 Å².